The van der Waals surface area contributed by atoms with Gasteiger partial charge in [0.1, 0.15) is 0 Å². The Kier molecular flexibility index (Phi) is 5.71. The molecular formula is C11H16N4OS2. The highest BCUT2D eigenvalue weighted by Gasteiger charge is 2.15. The van der Waals surface area contributed by atoms with Crippen LogP contribution in [-0.2, 0) is 4.74 Å². The summed E-state index contributed by atoms with van der Waals surface area (Å²) in [4.78, 5) is 0. The van der Waals surface area contributed by atoms with Crippen molar-refractivity contribution >= 4 is 28.2 Å². The van der Waals surface area contributed by atoms with E-state index in [2.05, 4.69) is 21.6 Å². The molecule has 0 aromatic carbocycles. The number of rotatable bonds is 7. The number of aromatic nitrogens is 2. The summed E-state index contributed by atoms with van der Waals surface area (Å²) in [5, 5.41) is 20.7. The molecule has 1 N–H and O–H groups in total. The van der Waals surface area contributed by atoms with Crippen molar-refractivity contribution in [2.75, 3.05) is 24.2 Å². The lowest BCUT2D eigenvalue weighted by atomic mass is 10.2. The Morgan fingerprint density at radius 1 is 1.56 bits per heavy atom. The van der Waals surface area contributed by atoms with Crippen LogP contribution in [0.15, 0.2) is 4.34 Å². The molecule has 0 radical (unpaired) electrons. The minimum Gasteiger partial charge on any atom is -0.376 e. The third-order valence-corrected chi connectivity index (χ3v) is 4.67. The summed E-state index contributed by atoms with van der Waals surface area (Å²) in [7, 11) is 0. The van der Waals surface area contributed by atoms with E-state index in [4.69, 9.17) is 10.00 Å². The number of nitriles is 1. The van der Waals surface area contributed by atoms with Crippen LogP contribution in [0.3, 0.4) is 0 Å². The normalized spacial score (nSPS) is 18.7. The number of anilines is 1. The van der Waals surface area contributed by atoms with E-state index in [1.807, 2.05) is 0 Å². The zero-order chi connectivity index (χ0) is 12.6. The lowest BCUT2D eigenvalue weighted by Gasteiger charge is -2.08. The van der Waals surface area contributed by atoms with Crippen LogP contribution in [-0.4, -0.2) is 35.2 Å². The number of ether oxygens (including phenoxy) is 1. The standard InChI is InChI=1S/C11H16N4OS2/c12-5-1-2-7-17-11-15-14-10(18-11)13-8-9-4-3-6-16-9/h9H,1-4,6-8H2,(H,13,14). The summed E-state index contributed by atoms with van der Waals surface area (Å²) >= 11 is 3.23. The van der Waals surface area contributed by atoms with Crippen molar-refractivity contribution in [3.63, 3.8) is 0 Å². The Bertz CT molecular complexity index is 398. The van der Waals surface area contributed by atoms with Gasteiger partial charge in [0.2, 0.25) is 5.13 Å². The summed E-state index contributed by atoms with van der Waals surface area (Å²) in [6.45, 7) is 1.69. The molecule has 2 rings (SSSR count). The third-order valence-electron chi connectivity index (χ3n) is 2.57. The highest BCUT2D eigenvalue weighted by atomic mass is 32.2. The van der Waals surface area contributed by atoms with Gasteiger partial charge in [0.15, 0.2) is 4.34 Å². The predicted molar refractivity (Wildman–Crippen MR) is 72.9 cm³/mol. The first-order valence-electron chi connectivity index (χ1n) is 6.07. The number of thioether (sulfide) groups is 1. The van der Waals surface area contributed by atoms with Gasteiger partial charge in [-0.15, -0.1) is 10.2 Å². The molecule has 1 atom stereocenters. The molecule has 98 valence electrons. The van der Waals surface area contributed by atoms with E-state index in [-0.39, 0.29) is 0 Å². The zero-order valence-corrected chi connectivity index (χ0v) is 11.7. The lowest BCUT2D eigenvalue weighted by molar-refractivity contribution is 0.120. The number of hydrogen-bond acceptors (Lipinski definition) is 7. The molecule has 2 heterocycles. The van der Waals surface area contributed by atoms with E-state index in [9.17, 15) is 0 Å². The second-order valence-corrected chi connectivity index (χ2v) is 6.32. The van der Waals surface area contributed by atoms with Crippen LogP contribution in [0.2, 0.25) is 0 Å². The highest BCUT2D eigenvalue weighted by Crippen LogP contribution is 2.26. The molecule has 0 spiro atoms. The summed E-state index contributed by atoms with van der Waals surface area (Å²) in [5.41, 5.74) is 0. The smallest absolute Gasteiger partial charge is 0.206 e. The van der Waals surface area contributed by atoms with E-state index < -0.39 is 0 Å². The molecule has 0 saturated carbocycles. The minimum absolute atomic E-state index is 0.320. The molecular weight excluding hydrogens is 268 g/mol. The van der Waals surface area contributed by atoms with Crippen LogP contribution in [0.25, 0.3) is 0 Å². The maximum Gasteiger partial charge on any atom is 0.206 e. The molecule has 7 heteroatoms. The fourth-order valence-electron chi connectivity index (χ4n) is 1.66. The lowest BCUT2D eigenvalue weighted by Crippen LogP contribution is -2.18. The second kappa shape index (κ2) is 7.56. The number of nitrogens with zero attached hydrogens (tertiary/aromatic N) is 3. The summed E-state index contributed by atoms with van der Waals surface area (Å²) in [6.07, 6.45) is 4.11. The van der Waals surface area contributed by atoms with Gasteiger partial charge >= 0.3 is 0 Å². The molecule has 1 fully saturated rings. The summed E-state index contributed by atoms with van der Waals surface area (Å²) in [6, 6.07) is 2.14. The van der Waals surface area contributed by atoms with Crippen molar-refractivity contribution in [1.29, 1.82) is 5.26 Å². The van der Waals surface area contributed by atoms with Gasteiger partial charge in [-0.05, 0) is 19.3 Å². The van der Waals surface area contributed by atoms with E-state index in [0.29, 0.717) is 12.5 Å². The van der Waals surface area contributed by atoms with Gasteiger partial charge < -0.3 is 10.1 Å². The molecule has 1 unspecified atom stereocenters. The van der Waals surface area contributed by atoms with E-state index in [0.717, 1.165) is 47.6 Å². The van der Waals surface area contributed by atoms with Crippen LogP contribution >= 0.6 is 23.1 Å². The monoisotopic (exact) mass is 284 g/mol. The predicted octanol–water partition coefficient (Wildman–Crippen LogP) is 2.52. The van der Waals surface area contributed by atoms with Gasteiger partial charge in [-0.2, -0.15) is 5.26 Å². The SMILES string of the molecule is N#CCCCSc1nnc(NCC2CCCO2)s1. The average molecular weight is 284 g/mol. The quantitative estimate of drug-likeness (QED) is 0.613. The van der Waals surface area contributed by atoms with Gasteiger partial charge in [0.05, 0.1) is 12.2 Å². The summed E-state index contributed by atoms with van der Waals surface area (Å²) in [5.74, 6) is 0.925. The second-order valence-electron chi connectivity index (χ2n) is 4.00. The van der Waals surface area contributed by atoms with Crippen molar-refractivity contribution in [3.05, 3.63) is 0 Å². The minimum atomic E-state index is 0.320. The van der Waals surface area contributed by atoms with Crippen LogP contribution < -0.4 is 5.32 Å². The fourth-order valence-corrected chi connectivity index (χ4v) is 3.43. The maximum absolute atomic E-state index is 8.43. The van der Waals surface area contributed by atoms with Crippen molar-refractivity contribution < 1.29 is 4.74 Å². The molecule has 1 aromatic rings. The van der Waals surface area contributed by atoms with Crippen LogP contribution in [0.1, 0.15) is 25.7 Å². The number of nitrogens with one attached hydrogen (secondary N) is 1. The van der Waals surface area contributed by atoms with Crippen molar-refractivity contribution in [1.82, 2.24) is 10.2 Å². The molecule has 1 saturated heterocycles. The molecule has 0 bridgehead atoms. The molecule has 1 aromatic heterocycles. The van der Waals surface area contributed by atoms with E-state index in [1.165, 1.54) is 0 Å². The molecule has 0 aliphatic carbocycles. The molecule has 5 nitrogen and oxygen atoms in total. The molecule has 18 heavy (non-hydrogen) atoms. The highest BCUT2D eigenvalue weighted by molar-refractivity contribution is 8.01. The maximum atomic E-state index is 8.43. The van der Waals surface area contributed by atoms with Crippen molar-refractivity contribution in [3.8, 4) is 6.07 Å². The Morgan fingerprint density at radius 2 is 2.50 bits per heavy atom. The number of unbranched alkanes of at least 4 members (excludes halogenated alkanes) is 1. The topological polar surface area (TPSA) is 70.8 Å². The zero-order valence-electron chi connectivity index (χ0n) is 10.1. The molecule has 1 aliphatic heterocycles. The first-order valence-corrected chi connectivity index (χ1v) is 7.87. The Hall–Kier alpha value is -0.840. The Balaban J connectivity index is 1.67. The van der Waals surface area contributed by atoms with Crippen molar-refractivity contribution in [2.24, 2.45) is 0 Å². The number of hydrogen-bond donors (Lipinski definition) is 1. The van der Waals surface area contributed by atoms with Gasteiger partial charge in [-0.25, -0.2) is 0 Å². The van der Waals surface area contributed by atoms with Gasteiger partial charge in [0.25, 0.3) is 0 Å². The van der Waals surface area contributed by atoms with Gasteiger partial charge in [-0.3, -0.25) is 0 Å². The van der Waals surface area contributed by atoms with E-state index in [1.54, 1.807) is 23.1 Å². The van der Waals surface area contributed by atoms with Gasteiger partial charge in [0, 0.05) is 25.3 Å². The Morgan fingerprint density at radius 3 is 3.28 bits per heavy atom. The Labute approximate surface area is 115 Å². The fraction of sp³-hybridized carbons (Fsp3) is 0.727. The first kappa shape index (κ1) is 13.6. The van der Waals surface area contributed by atoms with E-state index >= 15 is 0 Å². The first-order chi connectivity index (χ1) is 8.88. The largest absolute Gasteiger partial charge is 0.376 e. The van der Waals surface area contributed by atoms with Crippen LogP contribution in [0, 0.1) is 11.3 Å². The van der Waals surface area contributed by atoms with Gasteiger partial charge in [-0.1, -0.05) is 23.1 Å². The molecule has 1 aliphatic rings. The molecule has 0 amide bonds. The van der Waals surface area contributed by atoms with Crippen LogP contribution in [0.4, 0.5) is 5.13 Å². The third kappa shape index (κ3) is 4.44. The average Bonchev–Trinajstić information content (AvgIpc) is 3.03. The van der Waals surface area contributed by atoms with Crippen molar-refractivity contribution in [2.45, 2.75) is 36.1 Å². The summed E-state index contributed by atoms with van der Waals surface area (Å²) < 4.78 is 6.49. The van der Waals surface area contributed by atoms with Crippen LogP contribution in [0.5, 0.6) is 0 Å².